The van der Waals surface area contributed by atoms with Crippen molar-refractivity contribution >= 4 is 10.8 Å². The molecule has 2 N–H and O–H groups in total. The molecule has 1 aromatic heterocycles. The Kier molecular flexibility index (Phi) is 4.30. The number of benzene rings is 1. The van der Waals surface area contributed by atoms with Gasteiger partial charge in [0.1, 0.15) is 6.10 Å². The first-order chi connectivity index (χ1) is 9.24. The molecule has 0 aliphatic heterocycles. The van der Waals surface area contributed by atoms with Crippen molar-refractivity contribution in [3.8, 4) is 0 Å². The number of rotatable bonds is 5. The number of nitrogens with zero attached hydrogens (tertiary/aromatic N) is 4. The van der Waals surface area contributed by atoms with Crippen LogP contribution in [0.5, 0.6) is 0 Å². The normalized spacial score (nSPS) is 13.8. The van der Waals surface area contributed by atoms with Crippen LogP contribution < -0.4 is 0 Å². The van der Waals surface area contributed by atoms with Crippen LogP contribution in [-0.4, -0.2) is 27.8 Å². The van der Waals surface area contributed by atoms with Crippen molar-refractivity contribution in [1.29, 1.82) is 0 Å². The molecular formula is C13H14N4O2. The highest BCUT2D eigenvalue weighted by atomic mass is 16.3. The molecule has 0 saturated carbocycles. The minimum absolute atomic E-state index is 0.146. The first-order valence-corrected chi connectivity index (χ1v) is 5.93. The lowest BCUT2D eigenvalue weighted by molar-refractivity contribution is 0.0157. The van der Waals surface area contributed by atoms with Gasteiger partial charge in [0.15, 0.2) is 0 Å². The van der Waals surface area contributed by atoms with Crippen molar-refractivity contribution in [2.45, 2.75) is 18.6 Å². The fourth-order valence-electron chi connectivity index (χ4n) is 1.98. The summed E-state index contributed by atoms with van der Waals surface area (Å²) in [5.74, 6) is 0. The number of fused-ring (bicyclic) bond motifs is 1. The lowest BCUT2D eigenvalue weighted by atomic mass is 9.98. The van der Waals surface area contributed by atoms with E-state index in [-0.39, 0.29) is 13.0 Å². The Morgan fingerprint density at radius 3 is 2.84 bits per heavy atom. The molecule has 2 unspecified atom stereocenters. The molecule has 19 heavy (non-hydrogen) atoms. The molecule has 0 bridgehead atoms. The summed E-state index contributed by atoms with van der Waals surface area (Å²) in [5.41, 5.74) is 8.76. The second-order valence-corrected chi connectivity index (χ2v) is 4.21. The lowest BCUT2D eigenvalue weighted by Gasteiger charge is -2.18. The summed E-state index contributed by atoms with van der Waals surface area (Å²) in [6.07, 6.45) is 1.42. The maximum Gasteiger partial charge on any atom is 0.107 e. The molecule has 2 rings (SSSR count). The third kappa shape index (κ3) is 3.00. The Bertz CT molecular complexity index is 605. The number of pyridine rings is 1. The molecule has 0 aliphatic carbocycles. The maximum atomic E-state index is 10.2. The van der Waals surface area contributed by atoms with Crippen molar-refractivity contribution in [2.24, 2.45) is 5.11 Å². The summed E-state index contributed by atoms with van der Waals surface area (Å²) in [4.78, 5) is 6.67. The fraction of sp³-hybridized carbons (Fsp3) is 0.308. The molecule has 2 atom stereocenters. The smallest absolute Gasteiger partial charge is 0.107 e. The molecule has 98 valence electrons. The van der Waals surface area contributed by atoms with E-state index in [4.69, 9.17) is 5.53 Å². The number of hydrogen-bond donors (Lipinski definition) is 2. The van der Waals surface area contributed by atoms with E-state index in [0.29, 0.717) is 5.56 Å². The second-order valence-electron chi connectivity index (χ2n) is 4.21. The van der Waals surface area contributed by atoms with Crippen LogP contribution in [0, 0.1) is 0 Å². The third-order valence-corrected chi connectivity index (χ3v) is 2.97. The minimum Gasteiger partial charge on any atom is -0.390 e. The van der Waals surface area contributed by atoms with Gasteiger partial charge in [-0.05, 0) is 17.3 Å². The zero-order valence-electron chi connectivity index (χ0n) is 10.2. The summed E-state index contributed by atoms with van der Waals surface area (Å²) in [5, 5.41) is 25.2. The fourth-order valence-corrected chi connectivity index (χ4v) is 1.98. The Morgan fingerprint density at radius 1 is 1.26 bits per heavy atom. The van der Waals surface area contributed by atoms with E-state index in [1.54, 1.807) is 12.4 Å². The van der Waals surface area contributed by atoms with Gasteiger partial charge in [0, 0.05) is 34.8 Å². The van der Waals surface area contributed by atoms with Crippen LogP contribution in [0.3, 0.4) is 0 Å². The number of azide groups is 1. The summed E-state index contributed by atoms with van der Waals surface area (Å²) in [7, 11) is 0. The van der Waals surface area contributed by atoms with E-state index in [0.717, 1.165) is 10.8 Å². The number of hydrogen-bond acceptors (Lipinski definition) is 4. The summed E-state index contributed by atoms with van der Waals surface area (Å²) in [6.45, 7) is 0.146. The largest absolute Gasteiger partial charge is 0.390 e. The Labute approximate surface area is 110 Å². The number of aromatic nitrogens is 1. The van der Waals surface area contributed by atoms with Crippen LogP contribution in [0.4, 0.5) is 0 Å². The molecule has 6 nitrogen and oxygen atoms in total. The predicted octanol–water partition coefficient (Wildman–Crippen LogP) is 2.33. The van der Waals surface area contributed by atoms with E-state index in [9.17, 15) is 10.2 Å². The Morgan fingerprint density at radius 2 is 2.05 bits per heavy atom. The molecule has 0 fully saturated rings. The average molecular weight is 258 g/mol. The first kappa shape index (κ1) is 13.3. The van der Waals surface area contributed by atoms with Crippen molar-refractivity contribution < 1.29 is 10.2 Å². The highest BCUT2D eigenvalue weighted by Gasteiger charge is 2.20. The third-order valence-electron chi connectivity index (χ3n) is 2.97. The molecule has 1 aromatic carbocycles. The average Bonchev–Trinajstić information content (AvgIpc) is 2.46. The van der Waals surface area contributed by atoms with Crippen molar-refractivity contribution in [3.05, 3.63) is 52.7 Å². The van der Waals surface area contributed by atoms with E-state index in [1.807, 2.05) is 24.3 Å². The molecule has 0 saturated heterocycles. The minimum atomic E-state index is -1.05. The predicted molar refractivity (Wildman–Crippen MR) is 71.3 cm³/mol. The quantitative estimate of drug-likeness (QED) is 0.488. The van der Waals surface area contributed by atoms with Crippen molar-refractivity contribution in [1.82, 2.24) is 4.98 Å². The molecule has 2 aromatic rings. The van der Waals surface area contributed by atoms with E-state index >= 15 is 0 Å². The molecular weight excluding hydrogens is 244 g/mol. The Balaban J connectivity index is 2.25. The van der Waals surface area contributed by atoms with Gasteiger partial charge in [-0.1, -0.05) is 29.4 Å². The van der Waals surface area contributed by atoms with Gasteiger partial charge in [-0.2, -0.15) is 0 Å². The zero-order chi connectivity index (χ0) is 13.7. The molecule has 0 amide bonds. The first-order valence-electron chi connectivity index (χ1n) is 5.93. The monoisotopic (exact) mass is 258 g/mol. The number of aliphatic hydroxyl groups is 2. The summed E-state index contributed by atoms with van der Waals surface area (Å²) >= 11 is 0. The van der Waals surface area contributed by atoms with Crippen LogP contribution >= 0.6 is 0 Å². The topological polar surface area (TPSA) is 102 Å². The SMILES string of the molecule is [N-]=[N+]=NCCC(O)C(O)c1cncc2ccccc12. The van der Waals surface area contributed by atoms with Gasteiger partial charge in [0.05, 0.1) is 6.10 Å². The molecule has 0 aliphatic rings. The van der Waals surface area contributed by atoms with Crippen LogP contribution in [0.2, 0.25) is 0 Å². The molecule has 0 radical (unpaired) electrons. The van der Waals surface area contributed by atoms with Gasteiger partial charge in [0.2, 0.25) is 0 Å². The highest BCUT2D eigenvalue weighted by molar-refractivity contribution is 5.84. The molecule has 1 heterocycles. The zero-order valence-corrected chi connectivity index (χ0v) is 10.2. The van der Waals surface area contributed by atoms with E-state index in [2.05, 4.69) is 15.0 Å². The summed E-state index contributed by atoms with van der Waals surface area (Å²) < 4.78 is 0. The Hall–Kier alpha value is -2.14. The molecule has 0 spiro atoms. The standard InChI is InChI=1S/C13H14N4O2/c14-17-16-6-5-12(18)13(19)11-8-15-7-9-3-1-2-4-10(9)11/h1-4,7-8,12-13,18-19H,5-6H2. The van der Waals surface area contributed by atoms with Gasteiger partial charge in [-0.15, -0.1) is 0 Å². The van der Waals surface area contributed by atoms with Gasteiger partial charge < -0.3 is 10.2 Å². The van der Waals surface area contributed by atoms with Crippen LogP contribution in [0.15, 0.2) is 41.8 Å². The number of aliphatic hydroxyl groups excluding tert-OH is 2. The van der Waals surface area contributed by atoms with Crippen LogP contribution in [0.25, 0.3) is 21.2 Å². The van der Waals surface area contributed by atoms with Gasteiger partial charge in [-0.25, -0.2) is 0 Å². The lowest BCUT2D eigenvalue weighted by Crippen LogP contribution is -2.19. The van der Waals surface area contributed by atoms with Crippen LogP contribution in [0.1, 0.15) is 18.1 Å². The maximum absolute atomic E-state index is 10.2. The molecule has 6 heteroatoms. The van der Waals surface area contributed by atoms with Crippen LogP contribution in [-0.2, 0) is 0 Å². The van der Waals surface area contributed by atoms with Crippen molar-refractivity contribution in [2.75, 3.05) is 6.54 Å². The van der Waals surface area contributed by atoms with Gasteiger partial charge >= 0.3 is 0 Å². The van der Waals surface area contributed by atoms with E-state index < -0.39 is 12.2 Å². The van der Waals surface area contributed by atoms with Gasteiger partial charge in [0.25, 0.3) is 0 Å². The van der Waals surface area contributed by atoms with E-state index in [1.165, 1.54) is 0 Å². The second kappa shape index (κ2) is 6.15. The van der Waals surface area contributed by atoms with Gasteiger partial charge in [-0.3, -0.25) is 4.98 Å². The summed E-state index contributed by atoms with van der Waals surface area (Å²) in [6, 6.07) is 7.52. The highest BCUT2D eigenvalue weighted by Crippen LogP contribution is 2.26. The van der Waals surface area contributed by atoms with Crippen molar-refractivity contribution in [3.63, 3.8) is 0 Å².